The Morgan fingerprint density at radius 3 is 2.29 bits per heavy atom. The fourth-order valence-electron chi connectivity index (χ4n) is 3.68. The standard InChI is InChI=1S/C27H24N2O5S/c1-17-6-3-9-22(18(17)2)29-35(33,34)26-11-5-7-20-21(26)8-4-10-23(20)28-27(32)15-13-19-12-14-24(30)25(31)16-19/h3-16,29-31H,1-2H3,(H,28,32)/b15-13+. The fraction of sp³-hybridized carbons (Fsp3) is 0.0741. The van der Waals surface area contributed by atoms with Crippen LogP contribution >= 0.6 is 0 Å². The van der Waals surface area contributed by atoms with Crippen LogP contribution in [0.15, 0.2) is 83.8 Å². The van der Waals surface area contributed by atoms with Gasteiger partial charge in [-0.25, -0.2) is 8.42 Å². The molecule has 8 heteroatoms. The van der Waals surface area contributed by atoms with Gasteiger partial charge in [-0.1, -0.05) is 42.5 Å². The second-order valence-corrected chi connectivity index (χ2v) is 9.73. The number of hydrogen-bond acceptors (Lipinski definition) is 5. The number of carbonyl (C=O) groups is 1. The third-order valence-corrected chi connectivity index (χ3v) is 7.13. The molecule has 0 atom stereocenters. The van der Waals surface area contributed by atoms with E-state index in [-0.39, 0.29) is 16.4 Å². The van der Waals surface area contributed by atoms with Crippen LogP contribution in [0.3, 0.4) is 0 Å². The minimum Gasteiger partial charge on any atom is -0.504 e. The van der Waals surface area contributed by atoms with E-state index in [9.17, 15) is 23.4 Å². The molecule has 0 aliphatic rings. The second kappa shape index (κ2) is 9.52. The zero-order chi connectivity index (χ0) is 25.2. The first-order valence-corrected chi connectivity index (χ1v) is 12.3. The van der Waals surface area contributed by atoms with Crippen molar-refractivity contribution in [2.24, 2.45) is 0 Å². The average Bonchev–Trinajstić information content (AvgIpc) is 2.82. The number of aromatic hydroxyl groups is 2. The molecule has 1 amide bonds. The SMILES string of the molecule is Cc1cccc(NS(=O)(=O)c2cccc3c(NC(=O)/C=C/c4ccc(O)c(O)c4)cccc23)c1C. The van der Waals surface area contributed by atoms with Crippen LogP contribution in [0.25, 0.3) is 16.8 Å². The molecule has 4 aromatic carbocycles. The lowest BCUT2D eigenvalue weighted by Crippen LogP contribution is -2.15. The molecule has 0 aromatic heterocycles. The van der Waals surface area contributed by atoms with Crippen LogP contribution in [0.2, 0.25) is 0 Å². The molecule has 4 N–H and O–H groups in total. The van der Waals surface area contributed by atoms with Crippen molar-refractivity contribution < 1.29 is 23.4 Å². The van der Waals surface area contributed by atoms with Crippen molar-refractivity contribution in [2.45, 2.75) is 18.7 Å². The van der Waals surface area contributed by atoms with Gasteiger partial charge in [-0.3, -0.25) is 9.52 Å². The predicted octanol–water partition coefficient (Wildman–Crippen LogP) is 5.32. The predicted molar refractivity (Wildman–Crippen MR) is 138 cm³/mol. The van der Waals surface area contributed by atoms with Gasteiger partial charge in [0.15, 0.2) is 11.5 Å². The van der Waals surface area contributed by atoms with Gasteiger partial charge in [-0.05, 0) is 66.9 Å². The fourth-order valence-corrected chi connectivity index (χ4v) is 5.02. The number of aryl methyl sites for hydroxylation is 1. The van der Waals surface area contributed by atoms with Gasteiger partial charge < -0.3 is 15.5 Å². The normalized spacial score (nSPS) is 11.6. The van der Waals surface area contributed by atoms with Gasteiger partial charge in [0.25, 0.3) is 10.0 Å². The largest absolute Gasteiger partial charge is 0.504 e. The van der Waals surface area contributed by atoms with Gasteiger partial charge in [0, 0.05) is 22.5 Å². The number of fused-ring (bicyclic) bond motifs is 1. The maximum absolute atomic E-state index is 13.3. The highest BCUT2D eigenvalue weighted by molar-refractivity contribution is 7.93. The number of benzene rings is 4. The first-order chi connectivity index (χ1) is 16.7. The number of amides is 1. The minimum absolute atomic E-state index is 0.0992. The average molecular weight is 489 g/mol. The van der Waals surface area contributed by atoms with Gasteiger partial charge in [0.05, 0.1) is 10.6 Å². The summed E-state index contributed by atoms with van der Waals surface area (Å²) in [6.07, 6.45) is 2.77. The number of sulfonamides is 1. The Kier molecular flexibility index (Phi) is 6.48. The van der Waals surface area contributed by atoms with E-state index < -0.39 is 15.9 Å². The van der Waals surface area contributed by atoms with Gasteiger partial charge in [0.1, 0.15) is 0 Å². The number of nitrogens with one attached hydrogen (secondary N) is 2. The smallest absolute Gasteiger partial charge is 0.262 e. The molecule has 178 valence electrons. The molecule has 0 saturated heterocycles. The van der Waals surface area contributed by atoms with Crippen LogP contribution in [-0.2, 0) is 14.8 Å². The first kappa shape index (κ1) is 23.8. The maximum atomic E-state index is 13.3. The Labute approximate surface area is 203 Å². The summed E-state index contributed by atoms with van der Waals surface area (Å²) < 4.78 is 29.2. The van der Waals surface area contributed by atoms with Crippen molar-refractivity contribution in [3.63, 3.8) is 0 Å². The molecule has 0 fully saturated rings. The summed E-state index contributed by atoms with van der Waals surface area (Å²) in [5, 5.41) is 22.8. The van der Waals surface area contributed by atoms with Crippen molar-refractivity contribution in [1.29, 1.82) is 0 Å². The second-order valence-electron chi connectivity index (χ2n) is 8.08. The molecule has 35 heavy (non-hydrogen) atoms. The van der Waals surface area contributed by atoms with Gasteiger partial charge in [0.2, 0.25) is 5.91 Å². The van der Waals surface area contributed by atoms with E-state index in [2.05, 4.69) is 10.0 Å². The number of phenolic OH excluding ortho intramolecular Hbond substituents is 2. The molecule has 0 aliphatic carbocycles. The van der Waals surface area contributed by atoms with Crippen molar-refractivity contribution in [1.82, 2.24) is 0 Å². The Hall–Kier alpha value is -4.30. The summed E-state index contributed by atoms with van der Waals surface area (Å²) in [6, 6.07) is 19.6. The van der Waals surface area contributed by atoms with Crippen molar-refractivity contribution >= 4 is 44.2 Å². The van der Waals surface area contributed by atoms with E-state index in [0.29, 0.717) is 27.7 Å². The molecular formula is C27H24N2O5S. The first-order valence-electron chi connectivity index (χ1n) is 10.8. The summed E-state index contributed by atoms with van der Waals surface area (Å²) in [5.41, 5.74) is 3.31. The summed E-state index contributed by atoms with van der Waals surface area (Å²) in [5.74, 6) is -0.975. The minimum atomic E-state index is -3.90. The zero-order valence-corrected chi connectivity index (χ0v) is 19.9. The Balaban J connectivity index is 1.63. The van der Waals surface area contributed by atoms with Gasteiger partial charge >= 0.3 is 0 Å². The maximum Gasteiger partial charge on any atom is 0.262 e. The quantitative estimate of drug-likeness (QED) is 0.217. The lowest BCUT2D eigenvalue weighted by Gasteiger charge is -2.15. The Morgan fingerprint density at radius 1 is 0.829 bits per heavy atom. The van der Waals surface area contributed by atoms with Gasteiger partial charge in [-0.2, -0.15) is 0 Å². The molecule has 7 nitrogen and oxygen atoms in total. The summed E-state index contributed by atoms with van der Waals surface area (Å²) in [7, 11) is -3.90. The van der Waals surface area contributed by atoms with Crippen molar-refractivity contribution in [3.05, 3.63) is 95.6 Å². The Bertz CT molecular complexity index is 1580. The third kappa shape index (κ3) is 5.12. The molecule has 0 unspecified atom stereocenters. The van der Waals surface area contributed by atoms with Crippen LogP contribution < -0.4 is 10.0 Å². The highest BCUT2D eigenvalue weighted by Gasteiger charge is 2.19. The van der Waals surface area contributed by atoms with Crippen molar-refractivity contribution in [2.75, 3.05) is 10.0 Å². The zero-order valence-electron chi connectivity index (χ0n) is 19.1. The van der Waals surface area contributed by atoms with Crippen LogP contribution in [0, 0.1) is 13.8 Å². The van der Waals surface area contributed by atoms with E-state index in [1.54, 1.807) is 48.5 Å². The van der Waals surface area contributed by atoms with Crippen LogP contribution in [0.1, 0.15) is 16.7 Å². The van der Waals surface area contributed by atoms with Gasteiger partial charge in [-0.15, -0.1) is 0 Å². The highest BCUT2D eigenvalue weighted by Crippen LogP contribution is 2.31. The van der Waals surface area contributed by atoms with E-state index in [0.717, 1.165) is 11.1 Å². The molecule has 0 heterocycles. The Morgan fingerprint density at radius 2 is 1.51 bits per heavy atom. The summed E-state index contributed by atoms with van der Waals surface area (Å²) >= 11 is 0. The van der Waals surface area contributed by atoms with E-state index in [1.165, 1.54) is 30.4 Å². The van der Waals surface area contributed by atoms with E-state index in [1.807, 2.05) is 19.9 Å². The van der Waals surface area contributed by atoms with Crippen LogP contribution in [-0.4, -0.2) is 24.5 Å². The van der Waals surface area contributed by atoms with Crippen LogP contribution in [0.4, 0.5) is 11.4 Å². The number of hydrogen-bond donors (Lipinski definition) is 4. The molecule has 0 radical (unpaired) electrons. The lowest BCUT2D eigenvalue weighted by atomic mass is 10.1. The molecule has 0 spiro atoms. The molecule has 0 saturated carbocycles. The number of anilines is 2. The highest BCUT2D eigenvalue weighted by atomic mass is 32.2. The lowest BCUT2D eigenvalue weighted by molar-refractivity contribution is -0.111. The molecule has 0 aliphatic heterocycles. The van der Waals surface area contributed by atoms with E-state index >= 15 is 0 Å². The number of rotatable bonds is 6. The number of phenols is 2. The topological polar surface area (TPSA) is 116 Å². The molecular weight excluding hydrogens is 464 g/mol. The molecule has 0 bridgehead atoms. The molecule has 4 rings (SSSR count). The summed E-state index contributed by atoms with van der Waals surface area (Å²) in [6.45, 7) is 3.77. The van der Waals surface area contributed by atoms with E-state index in [4.69, 9.17) is 0 Å². The monoisotopic (exact) mass is 488 g/mol. The summed E-state index contributed by atoms with van der Waals surface area (Å²) in [4.78, 5) is 12.6. The third-order valence-electron chi connectivity index (χ3n) is 5.71. The van der Waals surface area contributed by atoms with Crippen LogP contribution in [0.5, 0.6) is 11.5 Å². The number of carbonyl (C=O) groups excluding carboxylic acids is 1. The molecule has 4 aromatic rings. The van der Waals surface area contributed by atoms with Crippen molar-refractivity contribution in [3.8, 4) is 11.5 Å².